The van der Waals surface area contributed by atoms with Crippen LogP contribution in [0, 0.1) is 0 Å². The monoisotopic (exact) mass is 358 g/mol. The Hall–Kier alpha value is -2.34. The molecule has 1 aromatic carbocycles. The highest BCUT2D eigenvalue weighted by molar-refractivity contribution is 6.04. The number of rotatable bonds is 7. The molecule has 1 aromatic rings. The maximum absolute atomic E-state index is 12.8. The number of benzene rings is 1. The molecule has 0 aliphatic carbocycles. The number of nitrogens with zero attached hydrogens (tertiary/aromatic N) is 3. The lowest BCUT2D eigenvalue weighted by Gasteiger charge is -2.28. The molecule has 3 N–H and O–H groups in total. The predicted molar refractivity (Wildman–Crippen MR) is 105 cm³/mol. The zero-order valence-corrected chi connectivity index (χ0v) is 16.0. The lowest BCUT2D eigenvalue weighted by Crippen LogP contribution is -2.41. The summed E-state index contributed by atoms with van der Waals surface area (Å²) in [6, 6.07) is 7.31. The van der Waals surface area contributed by atoms with Gasteiger partial charge in [-0.25, -0.2) is 0 Å². The van der Waals surface area contributed by atoms with Crippen molar-refractivity contribution >= 4 is 11.6 Å². The van der Waals surface area contributed by atoms with Gasteiger partial charge in [0.1, 0.15) is 5.75 Å². The zero-order chi connectivity index (χ0) is 19.1. The molecule has 1 aliphatic rings. The molecule has 1 unspecified atom stereocenters. The summed E-state index contributed by atoms with van der Waals surface area (Å²) in [7, 11) is 1.75. The van der Waals surface area contributed by atoms with Crippen molar-refractivity contribution in [2.45, 2.75) is 26.2 Å². The van der Waals surface area contributed by atoms with E-state index in [-0.39, 0.29) is 17.6 Å². The largest absolute Gasteiger partial charge is 0.508 e. The molecule has 2 rings (SSSR count). The van der Waals surface area contributed by atoms with Gasteiger partial charge in [-0.05, 0) is 31.0 Å². The molecule has 142 valence electrons. The van der Waals surface area contributed by atoms with Crippen molar-refractivity contribution in [1.82, 2.24) is 9.80 Å². The second-order valence-corrected chi connectivity index (χ2v) is 6.64. The molecule has 1 amide bonds. The number of likely N-dealkylation sites (N-methyl/N-ethyl adjacent to an activating group) is 1. The Morgan fingerprint density at radius 2 is 2.19 bits per heavy atom. The Bertz CT molecular complexity index is 664. The number of aromatic hydroxyl groups is 1. The van der Waals surface area contributed by atoms with E-state index in [2.05, 4.69) is 16.8 Å². The summed E-state index contributed by atoms with van der Waals surface area (Å²) in [5.74, 6) is 0.580. The number of phenolic OH excluding ortho intramolecular Hbond substituents is 1. The number of hydrogen-bond acceptors (Lipinski definition) is 5. The van der Waals surface area contributed by atoms with Gasteiger partial charge in [-0.3, -0.25) is 14.7 Å². The first kappa shape index (κ1) is 20.0. The highest BCUT2D eigenvalue weighted by atomic mass is 16.3. The normalized spacial score (nSPS) is 19.2. The van der Waals surface area contributed by atoms with Crippen molar-refractivity contribution in [2.75, 3.05) is 39.8 Å². The number of aliphatic imine (C=N–C) groups is 1. The molecule has 0 aromatic heterocycles. The van der Waals surface area contributed by atoms with Crippen LogP contribution in [0.2, 0.25) is 0 Å². The van der Waals surface area contributed by atoms with E-state index >= 15 is 0 Å². The topological polar surface area (TPSA) is 82.2 Å². The summed E-state index contributed by atoms with van der Waals surface area (Å²) < 4.78 is 0. The third-order valence-corrected chi connectivity index (χ3v) is 4.98. The molecule has 0 bridgehead atoms. The van der Waals surface area contributed by atoms with Crippen LogP contribution in [0.3, 0.4) is 0 Å². The van der Waals surface area contributed by atoms with Gasteiger partial charge in [-0.15, -0.1) is 0 Å². The van der Waals surface area contributed by atoms with Crippen LogP contribution >= 0.6 is 0 Å². The Labute approximate surface area is 156 Å². The highest BCUT2D eigenvalue weighted by Gasteiger charge is 2.26. The molecule has 26 heavy (non-hydrogen) atoms. The minimum Gasteiger partial charge on any atom is -0.508 e. The molecule has 1 fully saturated rings. The molecule has 1 saturated heterocycles. The third kappa shape index (κ3) is 4.85. The minimum absolute atomic E-state index is 0.111. The van der Waals surface area contributed by atoms with Gasteiger partial charge in [0.25, 0.3) is 0 Å². The summed E-state index contributed by atoms with van der Waals surface area (Å²) in [6.45, 7) is 7.11. The van der Waals surface area contributed by atoms with Crippen molar-refractivity contribution < 1.29 is 9.90 Å². The molecular formula is C20H30N4O2. The van der Waals surface area contributed by atoms with E-state index in [1.54, 1.807) is 25.4 Å². The van der Waals surface area contributed by atoms with Crippen LogP contribution in [0.15, 0.2) is 41.0 Å². The summed E-state index contributed by atoms with van der Waals surface area (Å²) >= 11 is 0. The first-order valence-electron chi connectivity index (χ1n) is 9.18. The molecule has 6 heteroatoms. The lowest BCUT2D eigenvalue weighted by molar-refractivity contribution is -0.132. The first-order chi connectivity index (χ1) is 12.5. The van der Waals surface area contributed by atoms with Crippen molar-refractivity contribution in [2.24, 2.45) is 10.7 Å². The van der Waals surface area contributed by atoms with Crippen LogP contribution in [0.1, 0.15) is 31.7 Å². The van der Waals surface area contributed by atoms with Crippen LogP contribution in [0.5, 0.6) is 5.75 Å². The fourth-order valence-electron chi connectivity index (χ4n) is 3.39. The number of phenols is 1. The summed E-state index contributed by atoms with van der Waals surface area (Å²) in [5, 5.41) is 9.73. The maximum atomic E-state index is 12.8. The van der Waals surface area contributed by atoms with E-state index < -0.39 is 0 Å². The molecule has 1 heterocycles. The average molecular weight is 358 g/mol. The second kappa shape index (κ2) is 9.38. The van der Waals surface area contributed by atoms with Crippen LogP contribution in [0.4, 0.5) is 0 Å². The molecule has 0 radical (unpaired) electrons. The van der Waals surface area contributed by atoms with E-state index in [1.807, 2.05) is 24.0 Å². The average Bonchev–Trinajstić information content (AvgIpc) is 3.04. The van der Waals surface area contributed by atoms with Crippen LogP contribution in [-0.4, -0.2) is 66.3 Å². The van der Waals surface area contributed by atoms with Gasteiger partial charge < -0.3 is 15.7 Å². The van der Waals surface area contributed by atoms with Crippen molar-refractivity contribution in [3.05, 3.63) is 41.6 Å². The number of nitrogens with two attached hydrogens (primary N) is 1. The minimum atomic E-state index is 0.111. The predicted octanol–water partition coefficient (Wildman–Crippen LogP) is 1.96. The summed E-state index contributed by atoms with van der Waals surface area (Å²) in [5.41, 5.74) is 8.67. The molecule has 6 nitrogen and oxygen atoms in total. The Balaban J connectivity index is 2.02. The van der Waals surface area contributed by atoms with Crippen LogP contribution in [0.25, 0.3) is 0 Å². The van der Waals surface area contributed by atoms with E-state index in [1.165, 1.54) is 0 Å². The number of amides is 1. The Morgan fingerprint density at radius 1 is 1.42 bits per heavy atom. The van der Waals surface area contributed by atoms with E-state index in [4.69, 9.17) is 5.73 Å². The number of likely N-dealkylation sites (tertiary alicyclic amines) is 1. The van der Waals surface area contributed by atoms with E-state index in [0.717, 1.165) is 23.3 Å². The van der Waals surface area contributed by atoms with Gasteiger partial charge in [0.05, 0.1) is 12.3 Å². The van der Waals surface area contributed by atoms with Gasteiger partial charge in [-0.1, -0.05) is 19.1 Å². The second-order valence-electron chi connectivity index (χ2n) is 6.64. The smallest absolute Gasteiger partial charge is 0.236 e. The summed E-state index contributed by atoms with van der Waals surface area (Å²) in [4.78, 5) is 21.0. The molecule has 1 aliphatic heterocycles. The van der Waals surface area contributed by atoms with Gasteiger partial charge in [0.2, 0.25) is 5.91 Å². The number of carbonyl (C=O) groups excluding carboxylic acids is 1. The highest BCUT2D eigenvalue weighted by Crippen LogP contribution is 2.24. The number of hydrogen-bond donors (Lipinski definition) is 2. The third-order valence-electron chi connectivity index (χ3n) is 4.98. The molecule has 0 spiro atoms. The van der Waals surface area contributed by atoms with E-state index in [9.17, 15) is 9.90 Å². The Kier molecular flexibility index (Phi) is 7.21. The molecule has 0 saturated carbocycles. The van der Waals surface area contributed by atoms with Gasteiger partial charge >= 0.3 is 0 Å². The van der Waals surface area contributed by atoms with Crippen molar-refractivity contribution in [1.29, 1.82) is 0 Å². The Morgan fingerprint density at radius 3 is 2.73 bits per heavy atom. The fraction of sp³-hybridized carbons (Fsp3) is 0.500. The van der Waals surface area contributed by atoms with E-state index in [0.29, 0.717) is 32.7 Å². The fourth-order valence-corrected chi connectivity index (χ4v) is 3.39. The zero-order valence-electron chi connectivity index (χ0n) is 16.0. The van der Waals surface area contributed by atoms with Crippen LogP contribution < -0.4 is 5.73 Å². The molecular weight excluding hydrogens is 328 g/mol. The van der Waals surface area contributed by atoms with Crippen LogP contribution in [-0.2, 0) is 4.79 Å². The maximum Gasteiger partial charge on any atom is 0.236 e. The molecule has 1 atom stereocenters. The van der Waals surface area contributed by atoms with Crippen molar-refractivity contribution in [3.63, 3.8) is 0 Å². The van der Waals surface area contributed by atoms with Gasteiger partial charge in [-0.2, -0.15) is 0 Å². The SMILES string of the molecule is CCC(CN(CC)C(=O)CN1CC(=NC)/C(=C\N)C1)c1cccc(O)c1. The standard InChI is InChI=1S/C20H30N4O2/c1-4-15(16-7-6-8-18(25)9-16)12-24(5-2)20(26)14-23-11-17(10-21)19(13-23)22-3/h6-10,15,25H,4-5,11-14,21H2,1-3H3/b17-10-,22-19?. The lowest BCUT2D eigenvalue weighted by atomic mass is 9.95. The number of carbonyl (C=O) groups is 1. The van der Waals surface area contributed by atoms with Crippen molar-refractivity contribution in [3.8, 4) is 5.75 Å². The van der Waals surface area contributed by atoms with Gasteiger partial charge in [0, 0.05) is 50.9 Å². The summed E-state index contributed by atoms with van der Waals surface area (Å²) in [6.07, 6.45) is 2.49. The van der Waals surface area contributed by atoms with Gasteiger partial charge in [0.15, 0.2) is 0 Å². The first-order valence-corrected chi connectivity index (χ1v) is 9.18. The quantitative estimate of drug-likeness (QED) is 0.781.